The summed E-state index contributed by atoms with van der Waals surface area (Å²) in [7, 11) is 1.13. The lowest BCUT2D eigenvalue weighted by atomic mass is 9.95. The molecule has 3 unspecified atom stereocenters. The summed E-state index contributed by atoms with van der Waals surface area (Å²) >= 11 is 0. The third-order valence-electron chi connectivity index (χ3n) is 4.64. The van der Waals surface area contributed by atoms with E-state index in [0.717, 1.165) is 70.0 Å². The van der Waals surface area contributed by atoms with E-state index in [1.807, 2.05) is 14.0 Å². The highest BCUT2D eigenvalue weighted by molar-refractivity contribution is 7.85. The molecular weight excluding hydrogens is 310 g/mol. The SMILES string of the molecule is CCS(=O)C1CCCC(NC(=NC)NCCC2=CCOCC2)C1. The third-order valence-corrected chi connectivity index (χ3v) is 6.38. The molecule has 0 spiro atoms. The molecule has 6 heteroatoms. The number of hydrogen-bond donors (Lipinski definition) is 2. The van der Waals surface area contributed by atoms with Gasteiger partial charge in [-0.3, -0.25) is 9.20 Å². The van der Waals surface area contributed by atoms with Crippen LogP contribution in [0.3, 0.4) is 0 Å². The van der Waals surface area contributed by atoms with E-state index in [0.29, 0.717) is 11.3 Å². The highest BCUT2D eigenvalue weighted by atomic mass is 32.2. The predicted octanol–water partition coefficient (Wildman–Crippen LogP) is 1.97. The van der Waals surface area contributed by atoms with Crippen molar-refractivity contribution in [3.63, 3.8) is 0 Å². The zero-order valence-corrected chi connectivity index (χ0v) is 15.3. The van der Waals surface area contributed by atoms with Gasteiger partial charge in [-0.15, -0.1) is 0 Å². The van der Waals surface area contributed by atoms with E-state index in [2.05, 4.69) is 21.7 Å². The second kappa shape index (κ2) is 10.1. The van der Waals surface area contributed by atoms with Crippen LogP contribution in [0, 0.1) is 0 Å². The average molecular weight is 342 g/mol. The molecule has 1 heterocycles. The van der Waals surface area contributed by atoms with Gasteiger partial charge < -0.3 is 15.4 Å². The monoisotopic (exact) mass is 341 g/mol. The number of aliphatic imine (C=N–C) groups is 1. The molecular formula is C17H31N3O2S. The molecule has 0 aromatic heterocycles. The third kappa shape index (κ3) is 6.26. The number of guanidine groups is 1. The van der Waals surface area contributed by atoms with Crippen LogP contribution < -0.4 is 10.6 Å². The van der Waals surface area contributed by atoms with Gasteiger partial charge in [0.25, 0.3) is 0 Å². The fourth-order valence-corrected chi connectivity index (χ4v) is 4.62. The molecule has 0 aromatic carbocycles. The van der Waals surface area contributed by atoms with Gasteiger partial charge in [-0.05, 0) is 32.1 Å². The van der Waals surface area contributed by atoms with Gasteiger partial charge in [0, 0.05) is 41.4 Å². The van der Waals surface area contributed by atoms with E-state index in [4.69, 9.17) is 4.74 Å². The first kappa shape index (κ1) is 18.5. The molecule has 0 saturated heterocycles. The summed E-state index contributed by atoms with van der Waals surface area (Å²) in [5.41, 5.74) is 1.47. The van der Waals surface area contributed by atoms with Crippen LogP contribution in [-0.4, -0.2) is 54.0 Å². The van der Waals surface area contributed by atoms with Crippen LogP contribution in [0.4, 0.5) is 0 Å². The Hall–Kier alpha value is -0.880. The lowest BCUT2D eigenvalue weighted by Gasteiger charge is -2.30. The standard InChI is InChI=1S/C17H31N3O2S/c1-3-23(21)16-6-4-5-15(13-16)20-17(18-2)19-10-7-14-8-11-22-12-9-14/h8,15-16H,3-7,9-13H2,1-2H3,(H2,18,19,20). The number of nitrogens with one attached hydrogen (secondary N) is 2. The van der Waals surface area contributed by atoms with E-state index >= 15 is 0 Å². The Bertz CT molecular complexity index is 451. The molecule has 1 fully saturated rings. The number of hydrogen-bond acceptors (Lipinski definition) is 3. The van der Waals surface area contributed by atoms with Crippen LogP contribution in [0.2, 0.25) is 0 Å². The molecule has 1 saturated carbocycles. The average Bonchev–Trinajstić information content (AvgIpc) is 2.61. The van der Waals surface area contributed by atoms with E-state index in [1.54, 1.807) is 0 Å². The molecule has 1 aliphatic heterocycles. The van der Waals surface area contributed by atoms with Gasteiger partial charge >= 0.3 is 0 Å². The predicted molar refractivity (Wildman–Crippen MR) is 97.4 cm³/mol. The molecule has 0 bridgehead atoms. The van der Waals surface area contributed by atoms with Crippen molar-refractivity contribution in [1.29, 1.82) is 0 Å². The van der Waals surface area contributed by atoms with Gasteiger partial charge in [-0.25, -0.2) is 0 Å². The topological polar surface area (TPSA) is 62.7 Å². The molecule has 0 radical (unpaired) electrons. The minimum Gasteiger partial charge on any atom is -0.377 e. The Balaban J connectivity index is 1.73. The molecule has 2 aliphatic rings. The van der Waals surface area contributed by atoms with E-state index in [9.17, 15) is 4.21 Å². The van der Waals surface area contributed by atoms with Crippen LogP contribution in [0.1, 0.15) is 45.4 Å². The Kier molecular flexibility index (Phi) is 8.09. The molecule has 132 valence electrons. The molecule has 0 amide bonds. The van der Waals surface area contributed by atoms with Crippen molar-refractivity contribution in [2.45, 2.75) is 56.7 Å². The normalized spacial score (nSPS) is 27.2. The Morgan fingerprint density at radius 3 is 3.04 bits per heavy atom. The summed E-state index contributed by atoms with van der Waals surface area (Å²) in [6.45, 7) is 4.50. The molecule has 2 N–H and O–H groups in total. The zero-order chi connectivity index (χ0) is 16.5. The van der Waals surface area contributed by atoms with Gasteiger partial charge in [0.05, 0.1) is 13.2 Å². The minimum atomic E-state index is -0.679. The van der Waals surface area contributed by atoms with E-state index in [-0.39, 0.29) is 0 Å². The molecule has 3 atom stereocenters. The summed E-state index contributed by atoms with van der Waals surface area (Å²) in [6.07, 6.45) is 8.65. The van der Waals surface area contributed by atoms with Crippen molar-refractivity contribution in [1.82, 2.24) is 10.6 Å². The maximum Gasteiger partial charge on any atom is 0.191 e. The van der Waals surface area contributed by atoms with Gasteiger partial charge in [-0.2, -0.15) is 0 Å². The molecule has 1 aliphatic carbocycles. The first-order valence-electron chi connectivity index (χ1n) is 8.83. The summed E-state index contributed by atoms with van der Waals surface area (Å²) in [4.78, 5) is 4.33. The molecule has 0 aromatic rings. The first-order valence-corrected chi connectivity index (χ1v) is 10.2. The van der Waals surface area contributed by atoms with Crippen molar-refractivity contribution < 1.29 is 8.95 Å². The molecule has 5 nitrogen and oxygen atoms in total. The van der Waals surface area contributed by atoms with Crippen LogP contribution in [-0.2, 0) is 15.5 Å². The van der Waals surface area contributed by atoms with Crippen LogP contribution in [0.15, 0.2) is 16.6 Å². The lowest BCUT2D eigenvalue weighted by Crippen LogP contribution is -2.46. The van der Waals surface area contributed by atoms with Gasteiger partial charge in [0.2, 0.25) is 0 Å². The zero-order valence-electron chi connectivity index (χ0n) is 14.5. The van der Waals surface area contributed by atoms with Crippen molar-refractivity contribution in [2.24, 2.45) is 4.99 Å². The Morgan fingerprint density at radius 1 is 1.48 bits per heavy atom. The van der Waals surface area contributed by atoms with Crippen molar-refractivity contribution in [2.75, 3.05) is 32.6 Å². The van der Waals surface area contributed by atoms with Crippen LogP contribution >= 0.6 is 0 Å². The lowest BCUT2D eigenvalue weighted by molar-refractivity contribution is 0.153. The Labute approximate surface area is 142 Å². The first-order chi connectivity index (χ1) is 11.2. The quantitative estimate of drug-likeness (QED) is 0.440. The summed E-state index contributed by atoms with van der Waals surface area (Å²) in [5.74, 6) is 1.63. The number of rotatable bonds is 6. The highest BCUT2D eigenvalue weighted by Crippen LogP contribution is 2.23. The van der Waals surface area contributed by atoms with Crippen molar-refractivity contribution in [3.8, 4) is 0 Å². The fourth-order valence-electron chi connectivity index (χ4n) is 3.27. The highest BCUT2D eigenvalue weighted by Gasteiger charge is 2.25. The van der Waals surface area contributed by atoms with Gasteiger partial charge in [0.1, 0.15) is 0 Å². The van der Waals surface area contributed by atoms with Crippen LogP contribution in [0.5, 0.6) is 0 Å². The summed E-state index contributed by atoms with van der Waals surface area (Å²) < 4.78 is 17.4. The van der Waals surface area contributed by atoms with Crippen LogP contribution in [0.25, 0.3) is 0 Å². The number of nitrogens with zero attached hydrogens (tertiary/aromatic N) is 1. The maximum atomic E-state index is 12.0. The Morgan fingerprint density at radius 2 is 2.35 bits per heavy atom. The van der Waals surface area contributed by atoms with E-state index < -0.39 is 10.8 Å². The second-order valence-corrected chi connectivity index (χ2v) is 8.24. The second-order valence-electron chi connectivity index (χ2n) is 6.24. The van der Waals surface area contributed by atoms with Crippen molar-refractivity contribution in [3.05, 3.63) is 11.6 Å². The minimum absolute atomic E-state index is 0.344. The molecule has 23 heavy (non-hydrogen) atoms. The van der Waals surface area contributed by atoms with Gasteiger partial charge in [-0.1, -0.05) is 25.0 Å². The van der Waals surface area contributed by atoms with E-state index in [1.165, 1.54) is 5.57 Å². The largest absolute Gasteiger partial charge is 0.377 e. The number of ether oxygens (including phenoxy) is 1. The van der Waals surface area contributed by atoms with Crippen molar-refractivity contribution >= 4 is 16.8 Å². The molecule has 2 rings (SSSR count). The fraction of sp³-hybridized carbons (Fsp3) is 0.824. The summed E-state index contributed by atoms with van der Waals surface area (Å²) in [5, 5.41) is 7.26. The smallest absolute Gasteiger partial charge is 0.191 e. The maximum absolute atomic E-state index is 12.0. The van der Waals surface area contributed by atoms with Gasteiger partial charge in [0.15, 0.2) is 5.96 Å². The summed E-state index contributed by atoms with van der Waals surface area (Å²) in [6, 6.07) is 0.387.